The average Bonchev–Trinajstić information content (AvgIpc) is 3.04. The van der Waals surface area contributed by atoms with Crippen molar-refractivity contribution in [3.8, 4) is 10.6 Å². The first kappa shape index (κ1) is 16.9. The molecule has 3 nitrogen and oxygen atoms in total. The topological polar surface area (TPSA) is 42.0 Å². The number of nitrogens with one attached hydrogen (secondary N) is 1. The molecule has 0 saturated carbocycles. The van der Waals surface area contributed by atoms with Crippen LogP contribution >= 0.6 is 27.3 Å². The van der Waals surface area contributed by atoms with E-state index in [1.165, 1.54) is 0 Å². The number of halogens is 1. The maximum Gasteiger partial charge on any atom is 0.226 e. The fourth-order valence-corrected chi connectivity index (χ4v) is 3.92. The second kappa shape index (κ2) is 7.73. The molecule has 5 heteroatoms. The van der Waals surface area contributed by atoms with Gasteiger partial charge >= 0.3 is 0 Å². The zero-order chi connectivity index (χ0) is 16.9. The number of rotatable bonds is 5. The molecule has 3 aromatic rings. The summed E-state index contributed by atoms with van der Waals surface area (Å²) < 4.78 is 0.998. The average molecular weight is 401 g/mol. The van der Waals surface area contributed by atoms with Crippen LogP contribution in [0.1, 0.15) is 24.2 Å². The molecule has 0 aliphatic rings. The van der Waals surface area contributed by atoms with Gasteiger partial charge in [-0.05, 0) is 18.6 Å². The van der Waals surface area contributed by atoms with Crippen molar-refractivity contribution in [2.45, 2.75) is 19.4 Å². The predicted molar refractivity (Wildman–Crippen MR) is 102 cm³/mol. The van der Waals surface area contributed by atoms with Gasteiger partial charge in [-0.15, -0.1) is 11.3 Å². The normalized spacial score (nSPS) is 11.9. The van der Waals surface area contributed by atoms with Crippen LogP contribution in [0.3, 0.4) is 0 Å². The second-order valence-corrected chi connectivity index (χ2v) is 7.21. The Hall–Kier alpha value is -1.98. The third-order valence-electron chi connectivity index (χ3n) is 3.66. The molecule has 0 aliphatic carbocycles. The molecule has 0 saturated heterocycles. The van der Waals surface area contributed by atoms with E-state index in [9.17, 15) is 4.79 Å². The van der Waals surface area contributed by atoms with E-state index in [1.54, 1.807) is 11.3 Å². The first-order chi connectivity index (χ1) is 11.6. The summed E-state index contributed by atoms with van der Waals surface area (Å²) in [6.45, 7) is 1.98. The van der Waals surface area contributed by atoms with E-state index in [1.807, 2.05) is 66.9 Å². The molecule has 3 rings (SSSR count). The van der Waals surface area contributed by atoms with Crippen LogP contribution in [0, 0.1) is 0 Å². The lowest BCUT2D eigenvalue weighted by molar-refractivity contribution is -0.121. The Bertz CT molecular complexity index is 832. The number of thiazole rings is 1. The van der Waals surface area contributed by atoms with Gasteiger partial charge in [0.05, 0.1) is 18.2 Å². The SMILES string of the molecule is CC(NC(=O)Cc1csc(-c2ccccc2)n1)c1ccccc1Br. The summed E-state index contributed by atoms with van der Waals surface area (Å²) in [4.78, 5) is 16.9. The van der Waals surface area contributed by atoms with E-state index >= 15 is 0 Å². The van der Waals surface area contributed by atoms with Gasteiger partial charge in [-0.25, -0.2) is 4.98 Å². The third kappa shape index (κ3) is 4.10. The van der Waals surface area contributed by atoms with E-state index in [-0.39, 0.29) is 18.4 Å². The standard InChI is InChI=1S/C19H17BrN2OS/c1-13(16-9-5-6-10-17(16)20)21-18(23)11-15-12-24-19(22-15)14-7-3-2-4-8-14/h2-10,12-13H,11H2,1H3,(H,21,23). The van der Waals surface area contributed by atoms with Crippen molar-refractivity contribution in [2.24, 2.45) is 0 Å². The minimum atomic E-state index is -0.0553. The lowest BCUT2D eigenvalue weighted by Gasteiger charge is -2.15. The molecule has 0 bridgehead atoms. The van der Waals surface area contributed by atoms with Crippen LogP contribution in [0.15, 0.2) is 64.5 Å². The fourth-order valence-electron chi connectivity index (χ4n) is 2.46. The molecule has 2 aromatic carbocycles. The molecule has 1 unspecified atom stereocenters. The molecule has 1 aromatic heterocycles. The molecule has 0 aliphatic heterocycles. The van der Waals surface area contributed by atoms with Crippen molar-refractivity contribution < 1.29 is 4.79 Å². The lowest BCUT2D eigenvalue weighted by Crippen LogP contribution is -2.28. The smallest absolute Gasteiger partial charge is 0.226 e. The molecule has 24 heavy (non-hydrogen) atoms. The van der Waals surface area contributed by atoms with Gasteiger partial charge in [0, 0.05) is 15.4 Å². The molecular weight excluding hydrogens is 384 g/mol. The van der Waals surface area contributed by atoms with Crippen molar-refractivity contribution >= 4 is 33.2 Å². The van der Waals surface area contributed by atoms with Crippen LogP contribution in [0.5, 0.6) is 0 Å². The van der Waals surface area contributed by atoms with Gasteiger partial charge < -0.3 is 5.32 Å². The van der Waals surface area contributed by atoms with Crippen LogP contribution in [0.25, 0.3) is 10.6 Å². The van der Waals surface area contributed by atoms with E-state index in [4.69, 9.17) is 0 Å². The molecule has 1 amide bonds. The summed E-state index contributed by atoms with van der Waals surface area (Å²) >= 11 is 5.08. The largest absolute Gasteiger partial charge is 0.349 e. The number of nitrogens with zero attached hydrogens (tertiary/aromatic N) is 1. The minimum Gasteiger partial charge on any atom is -0.349 e. The van der Waals surface area contributed by atoms with E-state index in [0.29, 0.717) is 0 Å². The van der Waals surface area contributed by atoms with Crippen LogP contribution in [-0.4, -0.2) is 10.9 Å². The maximum absolute atomic E-state index is 12.3. The Morgan fingerprint density at radius 3 is 2.62 bits per heavy atom. The Morgan fingerprint density at radius 2 is 1.88 bits per heavy atom. The molecule has 1 N–H and O–H groups in total. The van der Waals surface area contributed by atoms with Gasteiger partial charge in [0.25, 0.3) is 0 Å². The fraction of sp³-hybridized carbons (Fsp3) is 0.158. The lowest BCUT2D eigenvalue weighted by atomic mass is 10.1. The molecular formula is C19H17BrN2OS. The van der Waals surface area contributed by atoms with Gasteiger partial charge in [-0.3, -0.25) is 4.79 Å². The number of hydrogen-bond donors (Lipinski definition) is 1. The first-order valence-electron chi connectivity index (χ1n) is 7.67. The van der Waals surface area contributed by atoms with E-state index < -0.39 is 0 Å². The van der Waals surface area contributed by atoms with Gasteiger partial charge in [-0.2, -0.15) is 0 Å². The molecule has 1 heterocycles. The Labute approximate surface area is 153 Å². The highest BCUT2D eigenvalue weighted by Crippen LogP contribution is 2.24. The molecule has 0 spiro atoms. The van der Waals surface area contributed by atoms with E-state index in [2.05, 4.69) is 26.2 Å². The molecule has 0 radical (unpaired) electrons. The highest BCUT2D eigenvalue weighted by atomic mass is 79.9. The summed E-state index contributed by atoms with van der Waals surface area (Å²) in [5.74, 6) is -0.0248. The monoisotopic (exact) mass is 400 g/mol. The van der Waals surface area contributed by atoms with Crippen LogP contribution in [-0.2, 0) is 11.2 Å². The zero-order valence-corrected chi connectivity index (χ0v) is 15.6. The van der Waals surface area contributed by atoms with Crippen molar-refractivity contribution in [1.29, 1.82) is 0 Å². The predicted octanol–water partition coefficient (Wildman–Crippen LogP) is 4.99. The quantitative estimate of drug-likeness (QED) is 0.654. The number of aromatic nitrogens is 1. The molecule has 122 valence electrons. The van der Waals surface area contributed by atoms with Crippen LogP contribution in [0.4, 0.5) is 0 Å². The zero-order valence-electron chi connectivity index (χ0n) is 13.2. The van der Waals surface area contributed by atoms with E-state index in [0.717, 1.165) is 26.3 Å². The second-order valence-electron chi connectivity index (χ2n) is 5.50. The van der Waals surface area contributed by atoms with Crippen molar-refractivity contribution in [2.75, 3.05) is 0 Å². The van der Waals surface area contributed by atoms with Gasteiger partial charge in [0.1, 0.15) is 5.01 Å². The summed E-state index contributed by atoms with van der Waals surface area (Å²) in [5.41, 5.74) is 2.94. The third-order valence-corrected chi connectivity index (χ3v) is 5.33. The minimum absolute atomic E-state index is 0.0248. The number of carbonyl (C=O) groups is 1. The van der Waals surface area contributed by atoms with Gasteiger partial charge in [0.15, 0.2) is 0 Å². The first-order valence-corrected chi connectivity index (χ1v) is 9.34. The van der Waals surface area contributed by atoms with Crippen LogP contribution < -0.4 is 5.32 Å². The van der Waals surface area contributed by atoms with Crippen molar-refractivity contribution in [1.82, 2.24) is 10.3 Å². The summed E-state index contributed by atoms with van der Waals surface area (Å²) in [6, 6.07) is 17.9. The maximum atomic E-state index is 12.3. The van der Waals surface area contributed by atoms with Crippen molar-refractivity contribution in [3.63, 3.8) is 0 Å². The number of carbonyl (C=O) groups excluding carboxylic acids is 1. The Kier molecular flexibility index (Phi) is 5.43. The van der Waals surface area contributed by atoms with Crippen LogP contribution in [0.2, 0.25) is 0 Å². The highest BCUT2D eigenvalue weighted by molar-refractivity contribution is 9.10. The summed E-state index contributed by atoms with van der Waals surface area (Å²) in [7, 11) is 0. The van der Waals surface area contributed by atoms with Gasteiger partial charge in [-0.1, -0.05) is 64.5 Å². The molecule has 0 fully saturated rings. The summed E-state index contributed by atoms with van der Waals surface area (Å²) in [6.07, 6.45) is 0.290. The number of amides is 1. The number of hydrogen-bond acceptors (Lipinski definition) is 3. The number of benzene rings is 2. The van der Waals surface area contributed by atoms with Gasteiger partial charge in [0.2, 0.25) is 5.91 Å². The Morgan fingerprint density at radius 1 is 1.17 bits per heavy atom. The van der Waals surface area contributed by atoms with Crippen molar-refractivity contribution in [3.05, 3.63) is 75.7 Å². The highest BCUT2D eigenvalue weighted by Gasteiger charge is 2.14. The summed E-state index contributed by atoms with van der Waals surface area (Å²) in [5, 5.41) is 5.92. The molecule has 1 atom stereocenters. The Balaban J connectivity index is 1.63.